The predicted molar refractivity (Wildman–Crippen MR) is 166 cm³/mol. The number of hydrogen-bond donors (Lipinski definition) is 0. The van der Waals surface area contributed by atoms with Crippen LogP contribution < -0.4 is 0 Å². The molecule has 0 aliphatic heterocycles. The van der Waals surface area contributed by atoms with Crippen molar-refractivity contribution in [2.24, 2.45) is 5.41 Å². The van der Waals surface area contributed by atoms with Crippen molar-refractivity contribution in [3.05, 3.63) is 94.7 Å². The second kappa shape index (κ2) is 12.6. The number of oxazole rings is 2. The second-order valence-electron chi connectivity index (χ2n) is 12.9. The van der Waals surface area contributed by atoms with Gasteiger partial charge in [0.25, 0.3) is 11.8 Å². The van der Waals surface area contributed by atoms with E-state index < -0.39 is 74.3 Å². The molecule has 0 saturated heterocycles. The molecule has 14 heteroatoms. The number of benzene rings is 3. The highest BCUT2D eigenvalue weighted by molar-refractivity contribution is 5.77. The molecule has 0 aliphatic carbocycles. The minimum atomic E-state index is -6.00. The van der Waals surface area contributed by atoms with Crippen molar-refractivity contribution in [1.29, 1.82) is 0 Å². The summed E-state index contributed by atoms with van der Waals surface area (Å²) in [7, 11) is 0. The molecule has 0 fully saturated rings. The van der Waals surface area contributed by atoms with Crippen molar-refractivity contribution in [2.75, 3.05) is 0 Å². The molecule has 0 N–H and O–H groups in total. The highest BCUT2D eigenvalue weighted by Crippen LogP contribution is 2.57. The van der Waals surface area contributed by atoms with E-state index in [0.29, 0.717) is 49.2 Å². The molecule has 0 amide bonds. The quantitative estimate of drug-likeness (QED) is 0.128. The molecule has 2 aromatic heterocycles. The first-order chi connectivity index (χ1) is 23.2. The van der Waals surface area contributed by atoms with Crippen LogP contribution in [0.5, 0.6) is 0 Å². The lowest BCUT2D eigenvalue weighted by Gasteiger charge is -2.38. The van der Waals surface area contributed by atoms with Gasteiger partial charge in [-0.15, -0.1) is 0 Å². The van der Waals surface area contributed by atoms with Gasteiger partial charge in [0.2, 0.25) is 5.41 Å². The zero-order chi connectivity index (χ0) is 37.1. The number of aromatic nitrogens is 2. The second-order valence-corrected chi connectivity index (χ2v) is 12.9. The molecule has 270 valence electrons. The highest BCUT2D eigenvalue weighted by Gasteiger charge is 2.72. The Kier molecular flexibility index (Phi) is 9.36. The van der Waals surface area contributed by atoms with Crippen molar-refractivity contribution in [3.8, 4) is 0 Å². The van der Waals surface area contributed by atoms with Crippen molar-refractivity contribution < 1.29 is 52.7 Å². The molecule has 2 atom stereocenters. The Hall–Kier alpha value is -4.10. The molecule has 50 heavy (non-hydrogen) atoms. The number of nitrogens with zero attached hydrogens (tertiary/aromatic N) is 2. The normalized spacial score (nSPS) is 15.5. The molecule has 5 aromatic rings. The summed E-state index contributed by atoms with van der Waals surface area (Å²) < 4.78 is 163. The van der Waals surface area contributed by atoms with Crippen LogP contribution in [0.25, 0.3) is 22.2 Å². The molecule has 0 spiro atoms. The first-order valence-corrected chi connectivity index (χ1v) is 16.0. The monoisotopic (exact) mass is 716 g/mol. The minimum absolute atomic E-state index is 0.0207. The molecule has 3 aromatic carbocycles. The fourth-order valence-corrected chi connectivity index (χ4v) is 6.33. The van der Waals surface area contributed by atoms with Crippen LogP contribution in [0.2, 0.25) is 0 Å². The van der Waals surface area contributed by atoms with Gasteiger partial charge in [0, 0.05) is 22.5 Å². The van der Waals surface area contributed by atoms with Gasteiger partial charge in [0.15, 0.2) is 17.1 Å². The topological polar surface area (TPSA) is 52.1 Å². The minimum Gasteiger partial charge on any atom is -0.440 e. The van der Waals surface area contributed by atoms with E-state index in [1.54, 1.807) is 27.7 Å². The Morgan fingerprint density at radius 2 is 1.20 bits per heavy atom. The number of alkyl halides is 10. The molecule has 0 bridgehead atoms. The lowest BCUT2D eigenvalue weighted by atomic mass is 9.72. The predicted octanol–water partition coefficient (Wildman–Crippen LogP) is 12.3. The molecule has 5 rings (SSSR count). The standard InChI is InChI=1S/C36H34F10N2O2/c1-6-16-31(5,8-3)34(39,40)24-11-9-10-23(17-24)33(37,38)30-48-26-19-22(13-15-28(26)50-30)32(35(41,42)43,36(44,45)46)21-12-14-27-25(18-21)47-29(49-27)20(4)7-2/h9-15,17-20H,6-8,16H2,1-5H3. The highest BCUT2D eigenvalue weighted by atomic mass is 19.4. The summed E-state index contributed by atoms with van der Waals surface area (Å²) in [5.41, 5.74) is -12.0. The molecule has 0 radical (unpaired) electrons. The van der Waals surface area contributed by atoms with E-state index in [1.165, 1.54) is 6.92 Å². The smallest absolute Gasteiger partial charge is 0.411 e. The van der Waals surface area contributed by atoms with E-state index >= 15 is 17.6 Å². The van der Waals surface area contributed by atoms with Crippen LogP contribution in [0, 0.1) is 5.41 Å². The third kappa shape index (κ3) is 5.81. The molecule has 2 unspecified atom stereocenters. The Labute approximate surface area is 280 Å². The first-order valence-electron chi connectivity index (χ1n) is 16.0. The van der Waals surface area contributed by atoms with Crippen molar-refractivity contribution in [3.63, 3.8) is 0 Å². The summed E-state index contributed by atoms with van der Waals surface area (Å²) >= 11 is 0. The third-order valence-electron chi connectivity index (χ3n) is 9.74. The molecule has 0 saturated carbocycles. The molecule has 4 nitrogen and oxygen atoms in total. The summed E-state index contributed by atoms with van der Waals surface area (Å²) in [5.74, 6) is -9.25. The SMILES string of the molecule is CCCC(C)(CC)C(F)(F)c1cccc(C(F)(F)c2nc3cc(C(c4ccc5oc(C(C)CC)nc5c4)(C(F)(F)F)C(F)(F)F)ccc3o2)c1. The lowest BCUT2D eigenvalue weighted by Crippen LogP contribution is -2.54. The van der Waals surface area contributed by atoms with Crippen LogP contribution in [0.3, 0.4) is 0 Å². The fraction of sp³-hybridized carbons (Fsp3) is 0.444. The summed E-state index contributed by atoms with van der Waals surface area (Å²) in [4.78, 5) is 7.71. The summed E-state index contributed by atoms with van der Waals surface area (Å²) in [6.07, 6.45) is -10.9. The van der Waals surface area contributed by atoms with Crippen LogP contribution in [0.15, 0.2) is 69.5 Å². The maximum absolute atomic E-state index is 15.9. The molecular formula is C36H34F10N2O2. The van der Waals surface area contributed by atoms with Gasteiger partial charge < -0.3 is 8.83 Å². The third-order valence-corrected chi connectivity index (χ3v) is 9.74. The van der Waals surface area contributed by atoms with E-state index in [-0.39, 0.29) is 35.7 Å². The summed E-state index contributed by atoms with van der Waals surface area (Å²) in [6.45, 7) is 8.18. The van der Waals surface area contributed by atoms with Gasteiger partial charge in [-0.25, -0.2) is 18.7 Å². The Balaban J connectivity index is 1.64. The van der Waals surface area contributed by atoms with Crippen LogP contribution in [-0.2, 0) is 17.3 Å². The maximum Gasteiger partial charge on any atom is 0.411 e. The van der Waals surface area contributed by atoms with Crippen LogP contribution in [0.1, 0.15) is 100 Å². The first kappa shape index (κ1) is 37.2. The van der Waals surface area contributed by atoms with E-state index in [4.69, 9.17) is 8.83 Å². The zero-order valence-electron chi connectivity index (χ0n) is 27.7. The Morgan fingerprint density at radius 1 is 0.660 bits per heavy atom. The van der Waals surface area contributed by atoms with Gasteiger partial charge in [0.05, 0.1) is 0 Å². The van der Waals surface area contributed by atoms with Gasteiger partial charge in [-0.3, -0.25) is 0 Å². The average Bonchev–Trinajstić information content (AvgIpc) is 3.68. The van der Waals surface area contributed by atoms with E-state index in [1.807, 2.05) is 0 Å². The van der Waals surface area contributed by atoms with Crippen molar-refractivity contribution >= 4 is 22.2 Å². The van der Waals surface area contributed by atoms with Gasteiger partial charge in [-0.1, -0.05) is 71.4 Å². The fourth-order valence-electron chi connectivity index (χ4n) is 6.33. The molecule has 0 aliphatic rings. The Bertz CT molecular complexity index is 1980. The van der Waals surface area contributed by atoms with Gasteiger partial charge >= 0.3 is 18.3 Å². The number of hydrogen-bond acceptors (Lipinski definition) is 4. The van der Waals surface area contributed by atoms with Gasteiger partial charge in [0.1, 0.15) is 11.0 Å². The van der Waals surface area contributed by atoms with E-state index in [0.717, 1.165) is 24.3 Å². The van der Waals surface area contributed by atoms with Crippen LogP contribution >= 0.6 is 0 Å². The van der Waals surface area contributed by atoms with Crippen molar-refractivity contribution in [1.82, 2.24) is 9.97 Å². The van der Waals surface area contributed by atoms with E-state index in [2.05, 4.69) is 9.97 Å². The Morgan fingerprint density at radius 3 is 1.72 bits per heavy atom. The van der Waals surface area contributed by atoms with Crippen molar-refractivity contribution in [2.45, 2.75) is 95.8 Å². The van der Waals surface area contributed by atoms with Gasteiger partial charge in [-0.05, 0) is 60.7 Å². The van der Waals surface area contributed by atoms with E-state index in [9.17, 15) is 26.3 Å². The average molecular weight is 717 g/mol. The number of halogens is 10. The maximum atomic E-state index is 15.9. The summed E-state index contributed by atoms with van der Waals surface area (Å²) in [5, 5.41) is 0. The zero-order valence-corrected chi connectivity index (χ0v) is 27.7. The largest absolute Gasteiger partial charge is 0.440 e. The number of rotatable bonds is 11. The lowest BCUT2D eigenvalue weighted by molar-refractivity contribution is -0.288. The molecule has 2 heterocycles. The summed E-state index contributed by atoms with van der Waals surface area (Å²) in [6, 6.07) is 7.27. The number of fused-ring (bicyclic) bond motifs is 2. The molecular weight excluding hydrogens is 682 g/mol. The van der Waals surface area contributed by atoms with Crippen LogP contribution in [-0.4, -0.2) is 22.3 Å². The van der Waals surface area contributed by atoms with Gasteiger partial charge in [-0.2, -0.15) is 35.1 Å². The van der Waals surface area contributed by atoms with Crippen LogP contribution in [0.4, 0.5) is 43.9 Å².